The van der Waals surface area contributed by atoms with Crippen LogP contribution in [0.25, 0.3) is 6.08 Å². The average molecular weight is 489 g/mol. The summed E-state index contributed by atoms with van der Waals surface area (Å²) < 4.78 is 11.6. The summed E-state index contributed by atoms with van der Waals surface area (Å²) in [7, 11) is 1.64. The van der Waals surface area contributed by atoms with Crippen molar-refractivity contribution in [1.82, 2.24) is 5.32 Å². The van der Waals surface area contributed by atoms with Gasteiger partial charge in [0.2, 0.25) is 5.91 Å². The van der Waals surface area contributed by atoms with Crippen molar-refractivity contribution in [2.24, 2.45) is 0 Å². The number of carbonyl (C=O) groups excluding carboxylic acids is 1. The Hall–Kier alpha value is -3.44. The van der Waals surface area contributed by atoms with Crippen LogP contribution in [0.2, 0.25) is 5.02 Å². The van der Waals surface area contributed by atoms with Crippen LogP contribution in [-0.4, -0.2) is 25.2 Å². The summed E-state index contributed by atoms with van der Waals surface area (Å²) in [4.78, 5) is 14.9. The predicted molar refractivity (Wildman–Crippen MR) is 140 cm³/mol. The lowest BCUT2D eigenvalue weighted by Crippen LogP contribution is -2.68. The summed E-state index contributed by atoms with van der Waals surface area (Å²) in [5.74, 6) is 1.38. The maximum Gasteiger partial charge on any atom is 0.223 e. The highest BCUT2D eigenvalue weighted by atomic mass is 35.5. The Morgan fingerprint density at radius 3 is 2.60 bits per heavy atom. The molecule has 0 unspecified atom stereocenters. The topological polar surface area (TPSA) is 50.8 Å². The second-order valence-electron chi connectivity index (χ2n) is 9.52. The molecule has 1 amide bonds. The zero-order valence-corrected chi connectivity index (χ0v) is 20.9. The van der Waals surface area contributed by atoms with Crippen LogP contribution in [-0.2, 0) is 16.8 Å². The van der Waals surface area contributed by atoms with Crippen molar-refractivity contribution in [1.29, 1.82) is 0 Å². The fourth-order valence-electron chi connectivity index (χ4n) is 5.18. The van der Waals surface area contributed by atoms with Gasteiger partial charge in [0.05, 0.1) is 7.11 Å². The Balaban J connectivity index is 1.43. The van der Waals surface area contributed by atoms with Gasteiger partial charge in [-0.2, -0.15) is 0 Å². The van der Waals surface area contributed by atoms with Crippen molar-refractivity contribution in [3.05, 3.63) is 94.5 Å². The predicted octanol–water partition coefficient (Wildman–Crippen LogP) is 5.95. The number of benzene rings is 3. The van der Waals surface area contributed by atoms with E-state index < -0.39 is 5.66 Å². The summed E-state index contributed by atoms with van der Waals surface area (Å²) in [6.07, 6.45) is 4.65. The van der Waals surface area contributed by atoms with E-state index in [1.807, 2.05) is 42.5 Å². The summed E-state index contributed by atoms with van der Waals surface area (Å²) in [5, 5.41) is 4.01. The Morgan fingerprint density at radius 1 is 1.06 bits per heavy atom. The number of anilines is 1. The molecule has 2 aliphatic heterocycles. The summed E-state index contributed by atoms with van der Waals surface area (Å²) >= 11 is 5.97. The van der Waals surface area contributed by atoms with E-state index in [1.165, 1.54) is 11.3 Å². The van der Waals surface area contributed by atoms with Crippen LogP contribution in [0, 0.1) is 0 Å². The number of fused-ring (bicyclic) bond motifs is 3. The molecule has 1 fully saturated rings. The number of hydrogen-bond donors (Lipinski definition) is 1. The van der Waals surface area contributed by atoms with Gasteiger partial charge >= 0.3 is 0 Å². The molecule has 180 valence electrons. The molecule has 1 atom stereocenters. The molecule has 6 heteroatoms. The number of amides is 1. The van der Waals surface area contributed by atoms with Gasteiger partial charge in [0, 0.05) is 29.1 Å². The molecule has 5 nitrogen and oxygen atoms in total. The molecule has 0 saturated carbocycles. The summed E-state index contributed by atoms with van der Waals surface area (Å²) in [6.45, 7) is 5.47. The SMILES string of the molecule is COc1cc(/C=C/[C@]23NC(=O)CCN2c2ccccc2C3(C)C)ccc1OCc1ccc(Cl)cc1. The lowest BCUT2D eigenvalue weighted by Gasteiger charge is -2.49. The van der Waals surface area contributed by atoms with Crippen molar-refractivity contribution in [2.45, 2.75) is 38.0 Å². The van der Waals surface area contributed by atoms with Crippen LogP contribution in [0.3, 0.4) is 0 Å². The summed E-state index contributed by atoms with van der Waals surface area (Å²) in [5.41, 5.74) is 3.42. The average Bonchev–Trinajstić information content (AvgIpc) is 3.06. The normalized spacial score (nSPS) is 20.3. The second kappa shape index (κ2) is 8.97. The highest BCUT2D eigenvalue weighted by Gasteiger charge is 2.57. The second-order valence-corrected chi connectivity index (χ2v) is 9.95. The maximum atomic E-state index is 12.6. The quantitative estimate of drug-likeness (QED) is 0.465. The third-order valence-corrected chi connectivity index (χ3v) is 7.40. The van der Waals surface area contributed by atoms with Crippen molar-refractivity contribution in [2.75, 3.05) is 18.6 Å². The van der Waals surface area contributed by atoms with Crippen molar-refractivity contribution >= 4 is 29.3 Å². The first-order valence-electron chi connectivity index (χ1n) is 11.8. The molecule has 5 rings (SSSR count). The van der Waals surface area contributed by atoms with Gasteiger partial charge in [-0.25, -0.2) is 0 Å². The van der Waals surface area contributed by atoms with Gasteiger partial charge in [0.1, 0.15) is 12.3 Å². The van der Waals surface area contributed by atoms with Crippen LogP contribution in [0.1, 0.15) is 37.0 Å². The summed E-state index contributed by atoms with van der Waals surface area (Å²) in [6, 6.07) is 21.9. The van der Waals surface area contributed by atoms with Crippen molar-refractivity contribution in [3.63, 3.8) is 0 Å². The number of carbonyl (C=O) groups is 1. The third-order valence-electron chi connectivity index (χ3n) is 7.15. The molecule has 0 bridgehead atoms. The fraction of sp³-hybridized carbons (Fsp3) is 0.276. The molecule has 3 aromatic carbocycles. The van der Waals surface area contributed by atoms with Crippen molar-refractivity contribution in [3.8, 4) is 11.5 Å². The zero-order valence-electron chi connectivity index (χ0n) is 20.2. The largest absolute Gasteiger partial charge is 0.493 e. The molecule has 0 aromatic heterocycles. The van der Waals surface area contributed by atoms with Gasteiger partial charge in [-0.3, -0.25) is 4.79 Å². The van der Waals surface area contributed by atoms with Gasteiger partial charge < -0.3 is 19.7 Å². The lowest BCUT2D eigenvalue weighted by molar-refractivity contribution is -0.124. The number of nitrogens with zero attached hydrogens (tertiary/aromatic N) is 1. The smallest absolute Gasteiger partial charge is 0.223 e. The van der Waals surface area contributed by atoms with E-state index in [2.05, 4.69) is 60.5 Å². The number of rotatable bonds is 6. The van der Waals surface area contributed by atoms with Gasteiger partial charge in [-0.15, -0.1) is 0 Å². The van der Waals surface area contributed by atoms with Gasteiger partial charge in [0.25, 0.3) is 0 Å². The highest BCUT2D eigenvalue weighted by Crippen LogP contribution is 2.52. The molecule has 3 aromatic rings. The van der Waals surface area contributed by atoms with Crippen LogP contribution in [0.5, 0.6) is 11.5 Å². The molecule has 0 aliphatic carbocycles. The number of halogens is 1. The van der Waals surface area contributed by atoms with Gasteiger partial charge in [-0.05, 0) is 53.1 Å². The zero-order chi connectivity index (χ0) is 24.6. The first-order valence-corrected chi connectivity index (χ1v) is 12.1. The minimum atomic E-state index is -0.650. The number of nitrogens with one attached hydrogen (secondary N) is 1. The van der Waals surface area contributed by atoms with Crippen molar-refractivity contribution < 1.29 is 14.3 Å². The van der Waals surface area contributed by atoms with Crippen LogP contribution in [0.15, 0.2) is 72.8 Å². The molecule has 0 spiro atoms. The molecule has 2 aliphatic rings. The molecule has 1 N–H and O–H groups in total. The Bertz CT molecular complexity index is 1290. The highest BCUT2D eigenvalue weighted by molar-refractivity contribution is 6.30. The number of para-hydroxylation sites is 1. The van der Waals surface area contributed by atoms with E-state index >= 15 is 0 Å². The van der Waals surface area contributed by atoms with E-state index in [-0.39, 0.29) is 11.3 Å². The number of hydrogen-bond acceptors (Lipinski definition) is 4. The van der Waals surface area contributed by atoms with E-state index in [1.54, 1.807) is 7.11 Å². The number of methoxy groups -OCH3 is 1. The van der Waals surface area contributed by atoms with Crippen LogP contribution < -0.4 is 19.7 Å². The first-order chi connectivity index (χ1) is 16.8. The Kier molecular flexibility index (Phi) is 5.97. The van der Waals surface area contributed by atoms with E-state index in [4.69, 9.17) is 21.1 Å². The minimum Gasteiger partial charge on any atom is -0.493 e. The van der Waals surface area contributed by atoms with Gasteiger partial charge in [-0.1, -0.05) is 67.9 Å². The third kappa shape index (κ3) is 4.04. The van der Waals surface area contributed by atoms with Crippen LogP contribution in [0.4, 0.5) is 5.69 Å². The molecule has 2 heterocycles. The molecular formula is C29H29ClN2O3. The van der Waals surface area contributed by atoms with E-state index in [9.17, 15) is 4.79 Å². The van der Waals surface area contributed by atoms with Gasteiger partial charge in [0.15, 0.2) is 11.5 Å². The Labute approximate surface area is 211 Å². The monoisotopic (exact) mass is 488 g/mol. The molecule has 35 heavy (non-hydrogen) atoms. The molecular weight excluding hydrogens is 460 g/mol. The van der Waals surface area contributed by atoms with E-state index in [0.29, 0.717) is 36.1 Å². The number of ether oxygens (including phenoxy) is 2. The lowest BCUT2D eigenvalue weighted by atomic mass is 9.74. The maximum absolute atomic E-state index is 12.6. The standard InChI is InChI=1S/C29H29ClN2O3/c1-28(2)23-6-4-5-7-24(23)32-17-15-27(33)31-29(28,32)16-14-20-10-13-25(26(18-20)34-3)35-19-21-8-11-22(30)12-9-21/h4-14,16,18H,15,17,19H2,1-3H3,(H,31,33)/b16-14+/t29-/m0/s1. The molecule has 0 radical (unpaired) electrons. The van der Waals surface area contributed by atoms with E-state index in [0.717, 1.165) is 11.1 Å². The molecule has 1 saturated heterocycles. The minimum absolute atomic E-state index is 0.0651. The first kappa shape index (κ1) is 23.3. The van der Waals surface area contributed by atoms with Crippen LogP contribution >= 0.6 is 11.6 Å². The Morgan fingerprint density at radius 2 is 1.83 bits per heavy atom. The fourth-order valence-corrected chi connectivity index (χ4v) is 5.31.